The van der Waals surface area contributed by atoms with E-state index in [2.05, 4.69) is 52.8 Å². The SMILES string of the molecule is CCCSc1c(C(C)C)cccc1C(C)C. The molecule has 0 saturated carbocycles. The zero-order chi connectivity index (χ0) is 12.1. The first-order valence-electron chi connectivity index (χ1n) is 6.33. The van der Waals surface area contributed by atoms with Gasteiger partial charge in [0, 0.05) is 4.90 Å². The molecule has 0 heterocycles. The van der Waals surface area contributed by atoms with Gasteiger partial charge in [0.1, 0.15) is 0 Å². The molecule has 0 saturated heterocycles. The van der Waals surface area contributed by atoms with Gasteiger partial charge in [-0.1, -0.05) is 52.8 Å². The summed E-state index contributed by atoms with van der Waals surface area (Å²) in [6.07, 6.45) is 1.24. The molecule has 90 valence electrons. The Hall–Kier alpha value is -0.430. The first-order chi connectivity index (χ1) is 7.57. The van der Waals surface area contributed by atoms with E-state index >= 15 is 0 Å². The van der Waals surface area contributed by atoms with Gasteiger partial charge in [-0.2, -0.15) is 0 Å². The Balaban J connectivity index is 3.12. The molecule has 16 heavy (non-hydrogen) atoms. The smallest absolute Gasteiger partial charge is 0.0141 e. The van der Waals surface area contributed by atoms with E-state index in [4.69, 9.17) is 0 Å². The van der Waals surface area contributed by atoms with Crippen LogP contribution in [0.15, 0.2) is 23.1 Å². The van der Waals surface area contributed by atoms with Crippen LogP contribution in [0.2, 0.25) is 0 Å². The predicted molar refractivity (Wildman–Crippen MR) is 75.6 cm³/mol. The molecule has 0 amide bonds. The van der Waals surface area contributed by atoms with Crippen molar-refractivity contribution >= 4 is 11.8 Å². The lowest BCUT2D eigenvalue weighted by Gasteiger charge is -2.18. The van der Waals surface area contributed by atoms with Gasteiger partial charge in [-0.05, 0) is 35.1 Å². The van der Waals surface area contributed by atoms with Crippen molar-refractivity contribution in [1.29, 1.82) is 0 Å². The summed E-state index contributed by atoms with van der Waals surface area (Å²) in [5, 5.41) is 0. The van der Waals surface area contributed by atoms with Crippen LogP contribution in [0.4, 0.5) is 0 Å². The summed E-state index contributed by atoms with van der Waals surface area (Å²) in [7, 11) is 0. The lowest BCUT2D eigenvalue weighted by molar-refractivity contribution is 0.793. The molecule has 0 atom stereocenters. The van der Waals surface area contributed by atoms with E-state index in [0.29, 0.717) is 11.8 Å². The predicted octanol–water partition coefficient (Wildman–Crippen LogP) is 5.44. The maximum Gasteiger partial charge on any atom is 0.0141 e. The van der Waals surface area contributed by atoms with E-state index in [-0.39, 0.29) is 0 Å². The molecular formula is C15H24S. The molecular weight excluding hydrogens is 212 g/mol. The van der Waals surface area contributed by atoms with Crippen molar-refractivity contribution < 1.29 is 0 Å². The Morgan fingerprint density at radius 3 is 1.88 bits per heavy atom. The summed E-state index contributed by atoms with van der Waals surface area (Å²) in [5.74, 6) is 2.47. The van der Waals surface area contributed by atoms with E-state index in [9.17, 15) is 0 Å². The second-order valence-corrected chi connectivity index (χ2v) is 6.03. The molecule has 0 unspecified atom stereocenters. The van der Waals surface area contributed by atoms with Crippen LogP contribution in [0.25, 0.3) is 0 Å². The second-order valence-electron chi connectivity index (χ2n) is 4.92. The molecule has 0 spiro atoms. The molecule has 0 fully saturated rings. The van der Waals surface area contributed by atoms with Crippen molar-refractivity contribution in [3.63, 3.8) is 0 Å². The van der Waals surface area contributed by atoms with Gasteiger partial charge >= 0.3 is 0 Å². The minimum absolute atomic E-state index is 0.623. The van der Waals surface area contributed by atoms with Crippen molar-refractivity contribution in [2.24, 2.45) is 0 Å². The van der Waals surface area contributed by atoms with Gasteiger partial charge in [-0.25, -0.2) is 0 Å². The van der Waals surface area contributed by atoms with Gasteiger partial charge in [0.2, 0.25) is 0 Å². The van der Waals surface area contributed by atoms with Crippen LogP contribution < -0.4 is 0 Å². The van der Waals surface area contributed by atoms with E-state index in [0.717, 1.165) is 0 Å². The topological polar surface area (TPSA) is 0 Å². The standard InChI is InChI=1S/C15H24S/c1-6-10-16-15-13(11(2)3)8-7-9-14(15)12(4)5/h7-9,11-12H,6,10H2,1-5H3. The highest BCUT2D eigenvalue weighted by Gasteiger charge is 2.13. The van der Waals surface area contributed by atoms with Crippen LogP contribution in [-0.4, -0.2) is 5.75 Å². The highest BCUT2D eigenvalue weighted by molar-refractivity contribution is 7.99. The molecule has 0 aromatic heterocycles. The molecule has 1 aromatic carbocycles. The van der Waals surface area contributed by atoms with Crippen LogP contribution in [-0.2, 0) is 0 Å². The van der Waals surface area contributed by atoms with Crippen molar-refractivity contribution in [2.75, 3.05) is 5.75 Å². The third kappa shape index (κ3) is 3.28. The molecule has 1 aromatic rings. The Bertz CT molecular complexity index is 300. The number of hydrogen-bond acceptors (Lipinski definition) is 1. The van der Waals surface area contributed by atoms with Crippen LogP contribution in [0.1, 0.15) is 64.0 Å². The fraction of sp³-hybridized carbons (Fsp3) is 0.600. The molecule has 1 heteroatoms. The van der Waals surface area contributed by atoms with Crippen molar-refractivity contribution in [3.8, 4) is 0 Å². The quantitative estimate of drug-likeness (QED) is 0.614. The third-order valence-corrected chi connectivity index (χ3v) is 4.14. The normalized spacial score (nSPS) is 11.4. The zero-order valence-electron chi connectivity index (χ0n) is 11.2. The van der Waals surface area contributed by atoms with Crippen LogP contribution in [0, 0.1) is 0 Å². The molecule has 0 nitrogen and oxygen atoms in total. The molecule has 0 bridgehead atoms. The Kier molecular flexibility index (Phi) is 5.40. The van der Waals surface area contributed by atoms with Gasteiger partial charge in [-0.3, -0.25) is 0 Å². The molecule has 1 rings (SSSR count). The summed E-state index contributed by atoms with van der Waals surface area (Å²) in [6, 6.07) is 6.78. The third-order valence-electron chi connectivity index (χ3n) is 2.77. The highest BCUT2D eigenvalue weighted by Crippen LogP contribution is 2.35. The average Bonchev–Trinajstić information content (AvgIpc) is 2.25. The molecule has 0 aliphatic heterocycles. The van der Waals surface area contributed by atoms with Gasteiger partial charge < -0.3 is 0 Å². The second kappa shape index (κ2) is 6.34. The maximum absolute atomic E-state index is 2.29. The lowest BCUT2D eigenvalue weighted by atomic mass is 9.95. The van der Waals surface area contributed by atoms with Crippen LogP contribution >= 0.6 is 11.8 Å². The summed E-state index contributed by atoms with van der Waals surface area (Å²) in [6.45, 7) is 11.4. The minimum Gasteiger partial charge on any atom is -0.126 e. The minimum atomic E-state index is 0.623. The largest absolute Gasteiger partial charge is 0.126 e. The van der Waals surface area contributed by atoms with Crippen molar-refractivity contribution in [3.05, 3.63) is 29.3 Å². The fourth-order valence-electron chi connectivity index (χ4n) is 1.85. The molecule has 0 aliphatic carbocycles. The fourth-order valence-corrected chi connectivity index (χ4v) is 3.20. The number of thioether (sulfide) groups is 1. The van der Waals surface area contributed by atoms with E-state index in [1.807, 2.05) is 11.8 Å². The van der Waals surface area contributed by atoms with Gasteiger partial charge in [-0.15, -0.1) is 11.8 Å². The van der Waals surface area contributed by atoms with E-state index < -0.39 is 0 Å². The summed E-state index contributed by atoms with van der Waals surface area (Å²) in [4.78, 5) is 1.54. The number of benzene rings is 1. The molecule has 0 aliphatic rings. The molecule has 0 radical (unpaired) electrons. The highest BCUT2D eigenvalue weighted by atomic mass is 32.2. The molecule has 0 N–H and O–H groups in total. The Morgan fingerprint density at radius 1 is 1.00 bits per heavy atom. The first kappa shape index (κ1) is 13.6. The lowest BCUT2D eigenvalue weighted by Crippen LogP contribution is -1.98. The number of rotatable bonds is 5. The average molecular weight is 236 g/mol. The van der Waals surface area contributed by atoms with E-state index in [1.54, 1.807) is 0 Å². The van der Waals surface area contributed by atoms with Crippen molar-refractivity contribution in [2.45, 2.75) is 57.8 Å². The van der Waals surface area contributed by atoms with Gasteiger partial charge in [0.15, 0.2) is 0 Å². The maximum atomic E-state index is 2.29. The monoisotopic (exact) mass is 236 g/mol. The van der Waals surface area contributed by atoms with Gasteiger partial charge in [0.25, 0.3) is 0 Å². The van der Waals surface area contributed by atoms with E-state index in [1.165, 1.54) is 28.2 Å². The van der Waals surface area contributed by atoms with Crippen LogP contribution in [0.3, 0.4) is 0 Å². The van der Waals surface area contributed by atoms with Gasteiger partial charge in [0.05, 0.1) is 0 Å². The number of hydrogen-bond donors (Lipinski definition) is 0. The Labute approximate surface area is 105 Å². The van der Waals surface area contributed by atoms with Crippen LogP contribution in [0.5, 0.6) is 0 Å². The summed E-state index contributed by atoms with van der Waals surface area (Å²) < 4.78 is 0. The zero-order valence-corrected chi connectivity index (χ0v) is 12.0. The Morgan fingerprint density at radius 2 is 1.50 bits per heavy atom. The first-order valence-corrected chi connectivity index (χ1v) is 7.32. The van der Waals surface area contributed by atoms with Crippen molar-refractivity contribution in [1.82, 2.24) is 0 Å². The summed E-state index contributed by atoms with van der Waals surface area (Å²) in [5.41, 5.74) is 3.04. The summed E-state index contributed by atoms with van der Waals surface area (Å²) >= 11 is 2.03.